The van der Waals surface area contributed by atoms with Crippen LogP contribution in [0, 0.1) is 10.1 Å². The van der Waals surface area contributed by atoms with Crippen molar-refractivity contribution in [1.29, 1.82) is 0 Å². The Hall–Kier alpha value is -3.89. The number of nitrogens with zero attached hydrogens (tertiary/aromatic N) is 3. The van der Waals surface area contributed by atoms with Gasteiger partial charge in [0.25, 0.3) is 11.6 Å². The number of non-ortho nitro benzene ring substituents is 1. The van der Waals surface area contributed by atoms with E-state index >= 15 is 0 Å². The Morgan fingerprint density at radius 2 is 1.71 bits per heavy atom. The number of thiophene rings is 1. The van der Waals surface area contributed by atoms with Crippen molar-refractivity contribution in [2.75, 3.05) is 7.05 Å². The lowest BCUT2D eigenvalue weighted by Crippen LogP contribution is -2.17. The number of amides is 1. The molecule has 2 aromatic carbocycles. The molecule has 10 heteroatoms. The zero-order chi connectivity index (χ0) is 24.7. The van der Waals surface area contributed by atoms with Gasteiger partial charge in [-0.15, -0.1) is 11.3 Å². The van der Waals surface area contributed by atoms with Crippen LogP contribution >= 0.6 is 11.3 Å². The van der Waals surface area contributed by atoms with Gasteiger partial charge in [-0.3, -0.25) is 19.9 Å². The first-order chi connectivity index (χ1) is 16.7. The molecular formula is C25H19N3O5S2. The smallest absolute Gasteiger partial charge is 0.269 e. The van der Waals surface area contributed by atoms with Crippen molar-refractivity contribution in [2.45, 2.75) is 17.2 Å². The van der Waals surface area contributed by atoms with Crippen LogP contribution in [0.2, 0.25) is 0 Å². The minimum Gasteiger partial charge on any atom is -0.337 e. The maximum Gasteiger partial charge on any atom is 0.269 e. The van der Waals surface area contributed by atoms with Crippen LogP contribution < -0.4 is 0 Å². The summed E-state index contributed by atoms with van der Waals surface area (Å²) in [5.74, 6) is -0.235. The predicted molar refractivity (Wildman–Crippen MR) is 133 cm³/mol. The molecule has 0 unspecified atom stereocenters. The topological polar surface area (TPSA) is 110 Å². The number of hydrogen-bond donors (Lipinski definition) is 0. The molecule has 0 spiro atoms. The molecule has 0 N–H and O–H groups in total. The second-order valence-electron chi connectivity index (χ2n) is 8.29. The molecule has 0 radical (unpaired) electrons. The van der Waals surface area contributed by atoms with Crippen molar-refractivity contribution in [3.8, 4) is 20.9 Å². The molecule has 8 nitrogen and oxygen atoms in total. The monoisotopic (exact) mass is 505 g/mol. The molecule has 0 atom stereocenters. The summed E-state index contributed by atoms with van der Waals surface area (Å²) in [6.45, 7) is 0.593. The summed E-state index contributed by atoms with van der Waals surface area (Å²) in [4.78, 5) is 30.3. The number of carbonyl (C=O) groups excluding carboxylic acids is 1. The van der Waals surface area contributed by atoms with Gasteiger partial charge >= 0.3 is 0 Å². The van der Waals surface area contributed by atoms with Gasteiger partial charge in [-0.1, -0.05) is 6.07 Å². The Balaban J connectivity index is 1.38. The number of aromatic nitrogens is 1. The molecule has 0 saturated heterocycles. The van der Waals surface area contributed by atoms with E-state index in [0.29, 0.717) is 12.1 Å². The third kappa shape index (κ3) is 4.45. The summed E-state index contributed by atoms with van der Waals surface area (Å²) in [5.41, 5.74) is 3.92. The second kappa shape index (κ2) is 8.71. The molecule has 1 amide bonds. The van der Waals surface area contributed by atoms with Crippen molar-refractivity contribution < 1.29 is 18.1 Å². The molecule has 5 rings (SSSR count). The fraction of sp³-hybridized carbons (Fsp3) is 0.120. The maximum absolute atomic E-state index is 12.8. The largest absolute Gasteiger partial charge is 0.337 e. The molecule has 2 aromatic heterocycles. The Kier molecular flexibility index (Phi) is 5.70. The summed E-state index contributed by atoms with van der Waals surface area (Å²) in [6, 6.07) is 16.5. The molecule has 1 aliphatic rings. The summed E-state index contributed by atoms with van der Waals surface area (Å²) >= 11 is 1.56. The van der Waals surface area contributed by atoms with Gasteiger partial charge < -0.3 is 4.90 Å². The summed E-state index contributed by atoms with van der Waals surface area (Å²) in [5, 5.41) is 10.8. The average Bonchev–Trinajstić information content (AvgIpc) is 3.44. The number of rotatable bonds is 6. The number of fused-ring (bicyclic) bond motifs is 1. The molecule has 1 aliphatic heterocycles. The zero-order valence-corrected chi connectivity index (χ0v) is 20.2. The Labute approximate surface area is 205 Å². The highest BCUT2D eigenvalue weighted by Gasteiger charge is 2.24. The van der Waals surface area contributed by atoms with E-state index in [0.717, 1.165) is 32.0 Å². The normalized spacial score (nSPS) is 13.2. The molecule has 3 heterocycles. The van der Waals surface area contributed by atoms with Gasteiger partial charge in [0, 0.05) is 59.0 Å². The van der Waals surface area contributed by atoms with Crippen LogP contribution in [0.1, 0.15) is 21.5 Å². The van der Waals surface area contributed by atoms with E-state index in [4.69, 9.17) is 0 Å². The fourth-order valence-corrected chi connectivity index (χ4v) is 6.34. The van der Waals surface area contributed by atoms with Gasteiger partial charge in [-0.05, 0) is 59.2 Å². The maximum atomic E-state index is 12.8. The minimum absolute atomic E-state index is 0.0210. The third-order valence-corrected chi connectivity index (χ3v) is 8.71. The van der Waals surface area contributed by atoms with Crippen molar-refractivity contribution in [2.24, 2.45) is 0 Å². The standard InChI is InChI=1S/C25H19N3O5S2/c1-27-14-19-11-17(2-7-22(19)25(27)29)23-8-9-24(34-23)18-10-16(12-26-13-18)15-35(32,33)21-5-3-20(4-6-21)28(30)31/h2-13H,14-15H2,1H3. The van der Waals surface area contributed by atoms with Crippen LogP contribution in [0.25, 0.3) is 20.9 Å². The number of nitro groups is 1. The number of pyridine rings is 1. The molecular weight excluding hydrogens is 486 g/mol. The number of nitro benzene ring substituents is 1. The van der Waals surface area contributed by atoms with Crippen LogP contribution in [0.3, 0.4) is 0 Å². The number of benzene rings is 2. The summed E-state index contributed by atoms with van der Waals surface area (Å²) < 4.78 is 25.7. The van der Waals surface area contributed by atoms with Crippen molar-refractivity contribution in [3.63, 3.8) is 0 Å². The number of sulfone groups is 1. The minimum atomic E-state index is -3.70. The van der Waals surface area contributed by atoms with E-state index in [9.17, 15) is 23.3 Å². The van der Waals surface area contributed by atoms with Crippen molar-refractivity contribution in [1.82, 2.24) is 9.88 Å². The van der Waals surface area contributed by atoms with Gasteiger partial charge in [0.05, 0.1) is 15.6 Å². The van der Waals surface area contributed by atoms with Crippen LogP contribution in [-0.4, -0.2) is 36.2 Å². The average molecular weight is 506 g/mol. The third-order valence-electron chi connectivity index (χ3n) is 5.82. The first kappa shape index (κ1) is 22.9. The fourth-order valence-electron chi connectivity index (χ4n) is 4.05. The molecule has 0 saturated carbocycles. The SMILES string of the molecule is CN1Cc2cc(-c3ccc(-c4cncc(CS(=O)(=O)c5ccc([N+](=O)[O-])cc5)c4)s3)ccc2C1=O. The molecule has 0 aliphatic carbocycles. The van der Waals surface area contributed by atoms with Crippen LogP contribution in [0.5, 0.6) is 0 Å². The Morgan fingerprint density at radius 3 is 2.43 bits per heavy atom. The van der Waals surface area contributed by atoms with Crippen molar-refractivity contribution in [3.05, 3.63) is 99.9 Å². The van der Waals surface area contributed by atoms with E-state index in [2.05, 4.69) is 4.98 Å². The van der Waals surface area contributed by atoms with Crippen LogP contribution in [0.15, 0.2) is 78.0 Å². The molecule has 35 heavy (non-hydrogen) atoms. The molecule has 176 valence electrons. The van der Waals surface area contributed by atoms with Crippen LogP contribution in [-0.2, 0) is 22.1 Å². The lowest BCUT2D eigenvalue weighted by molar-refractivity contribution is -0.384. The lowest BCUT2D eigenvalue weighted by atomic mass is 10.1. The van der Waals surface area contributed by atoms with E-state index < -0.39 is 14.8 Å². The van der Waals surface area contributed by atoms with Gasteiger partial charge in [0.15, 0.2) is 9.84 Å². The van der Waals surface area contributed by atoms with Gasteiger partial charge in [-0.25, -0.2) is 8.42 Å². The first-order valence-corrected chi connectivity index (χ1v) is 13.1. The van der Waals surface area contributed by atoms with Gasteiger partial charge in [-0.2, -0.15) is 0 Å². The first-order valence-electron chi connectivity index (χ1n) is 10.6. The van der Waals surface area contributed by atoms with Gasteiger partial charge in [0.1, 0.15) is 0 Å². The highest BCUT2D eigenvalue weighted by Crippen LogP contribution is 2.36. The van der Waals surface area contributed by atoms with E-state index in [-0.39, 0.29) is 22.2 Å². The predicted octanol–water partition coefficient (Wildman–Crippen LogP) is 4.94. The lowest BCUT2D eigenvalue weighted by Gasteiger charge is -2.06. The van der Waals surface area contributed by atoms with Crippen molar-refractivity contribution >= 4 is 32.8 Å². The molecule has 0 bridgehead atoms. The van der Waals surface area contributed by atoms with E-state index in [1.807, 2.05) is 30.3 Å². The van der Waals surface area contributed by atoms with Gasteiger partial charge in [0.2, 0.25) is 0 Å². The Bertz CT molecular complexity index is 1580. The van der Waals surface area contributed by atoms with E-state index in [1.54, 1.807) is 35.5 Å². The number of hydrogen-bond acceptors (Lipinski definition) is 7. The number of carbonyl (C=O) groups is 1. The molecule has 4 aromatic rings. The van der Waals surface area contributed by atoms with Crippen LogP contribution in [0.4, 0.5) is 5.69 Å². The second-order valence-corrected chi connectivity index (χ2v) is 11.4. The summed E-state index contributed by atoms with van der Waals surface area (Å²) in [6.07, 6.45) is 3.20. The molecule has 0 fully saturated rings. The quantitative estimate of drug-likeness (QED) is 0.271. The zero-order valence-electron chi connectivity index (χ0n) is 18.5. The highest BCUT2D eigenvalue weighted by atomic mass is 32.2. The summed E-state index contributed by atoms with van der Waals surface area (Å²) in [7, 11) is -1.91. The Morgan fingerprint density at radius 1 is 1.00 bits per heavy atom. The highest BCUT2D eigenvalue weighted by molar-refractivity contribution is 7.90. The van der Waals surface area contributed by atoms with E-state index in [1.165, 1.54) is 30.5 Å².